The zero-order chi connectivity index (χ0) is 25.3. The van der Waals surface area contributed by atoms with Crippen molar-refractivity contribution in [2.75, 3.05) is 31.3 Å². The van der Waals surface area contributed by atoms with Gasteiger partial charge in [-0.15, -0.1) is 0 Å². The maximum Gasteiger partial charge on any atom is 0.221 e. The van der Waals surface area contributed by atoms with Crippen molar-refractivity contribution >= 4 is 21.3 Å². The lowest BCUT2D eigenvalue weighted by Crippen LogP contribution is -2.60. The van der Waals surface area contributed by atoms with Crippen LogP contribution in [0, 0.1) is 18.7 Å². The molecule has 1 aromatic heterocycles. The van der Waals surface area contributed by atoms with Crippen LogP contribution in [0.15, 0.2) is 29.4 Å². The number of hydrogen-bond donors (Lipinski definition) is 1. The van der Waals surface area contributed by atoms with Gasteiger partial charge in [0.1, 0.15) is 24.1 Å². The van der Waals surface area contributed by atoms with Crippen LogP contribution in [0.1, 0.15) is 50.5 Å². The van der Waals surface area contributed by atoms with Crippen LogP contribution < -0.4 is 10.1 Å². The number of benzene rings is 1. The Labute approximate surface area is 212 Å². The highest BCUT2D eigenvalue weighted by atomic mass is 32.2. The lowest BCUT2D eigenvalue weighted by molar-refractivity contribution is -0.106. The molecular formula is C26H35FN4O4S. The molecule has 1 saturated carbocycles. The smallest absolute Gasteiger partial charge is 0.221 e. The van der Waals surface area contributed by atoms with Gasteiger partial charge in [0, 0.05) is 37.7 Å². The van der Waals surface area contributed by atoms with E-state index >= 15 is 0 Å². The SMILES string of the molecule is Cc1c(Nc2ccc(S(C)(=O)=O)cc2F)ncnc1O[C@H]1C[C@H]2COC[C@@H](C1)N2CC1CCCCC1. The molecule has 1 aliphatic carbocycles. The summed E-state index contributed by atoms with van der Waals surface area (Å²) in [6.45, 7) is 4.47. The van der Waals surface area contributed by atoms with Crippen molar-refractivity contribution in [3.63, 3.8) is 0 Å². The fourth-order valence-electron chi connectivity index (χ4n) is 5.79. The molecule has 2 bridgehead atoms. The third kappa shape index (κ3) is 5.65. The maximum atomic E-state index is 14.6. The van der Waals surface area contributed by atoms with E-state index in [-0.39, 0.29) is 16.7 Å². The number of nitrogens with one attached hydrogen (secondary N) is 1. The van der Waals surface area contributed by atoms with Crippen LogP contribution in [0.4, 0.5) is 15.9 Å². The Morgan fingerprint density at radius 3 is 2.53 bits per heavy atom. The molecule has 36 heavy (non-hydrogen) atoms. The second kappa shape index (κ2) is 10.6. The Balaban J connectivity index is 1.26. The maximum absolute atomic E-state index is 14.6. The van der Waals surface area contributed by atoms with Gasteiger partial charge in [-0.05, 0) is 43.9 Å². The van der Waals surface area contributed by atoms with Gasteiger partial charge in [-0.1, -0.05) is 19.3 Å². The molecule has 2 aliphatic heterocycles. The van der Waals surface area contributed by atoms with Gasteiger partial charge in [-0.3, -0.25) is 4.90 Å². The van der Waals surface area contributed by atoms with E-state index in [4.69, 9.17) is 9.47 Å². The summed E-state index contributed by atoms with van der Waals surface area (Å²) >= 11 is 0. The molecule has 3 aliphatic rings. The fraction of sp³-hybridized carbons (Fsp3) is 0.615. The first-order valence-corrected chi connectivity index (χ1v) is 14.8. The minimum atomic E-state index is -3.49. The Hall–Kier alpha value is -2.30. The van der Waals surface area contributed by atoms with E-state index in [2.05, 4.69) is 20.2 Å². The van der Waals surface area contributed by atoms with Gasteiger partial charge >= 0.3 is 0 Å². The van der Waals surface area contributed by atoms with E-state index in [1.54, 1.807) is 0 Å². The average Bonchev–Trinajstić information content (AvgIpc) is 2.83. The summed E-state index contributed by atoms with van der Waals surface area (Å²) in [6.07, 6.45) is 11.0. The minimum absolute atomic E-state index is 0.0266. The van der Waals surface area contributed by atoms with E-state index in [9.17, 15) is 12.8 Å². The Morgan fingerprint density at radius 2 is 1.86 bits per heavy atom. The number of anilines is 2. The highest BCUT2D eigenvalue weighted by Crippen LogP contribution is 2.35. The zero-order valence-electron chi connectivity index (χ0n) is 21.0. The van der Waals surface area contributed by atoms with Gasteiger partial charge in [0.05, 0.1) is 29.4 Å². The molecule has 8 nitrogen and oxygen atoms in total. The van der Waals surface area contributed by atoms with Crippen LogP contribution in [0.25, 0.3) is 0 Å². The van der Waals surface area contributed by atoms with Crippen LogP contribution in [0.3, 0.4) is 0 Å². The van der Waals surface area contributed by atoms with Crippen molar-refractivity contribution in [3.05, 3.63) is 35.9 Å². The molecule has 0 radical (unpaired) electrons. The van der Waals surface area contributed by atoms with Gasteiger partial charge < -0.3 is 14.8 Å². The van der Waals surface area contributed by atoms with Gasteiger partial charge in [0.25, 0.3) is 0 Å². The number of piperidine rings is 1. The third-order valence-corrected chi connectivity index (χ3v) is 8.87. The first-order valence-electron chi connectivity index (χ1n) is 12.9. The highest BCUT2D eigenvalue weighted by Gasteiger charge is 2.41. The lowest BCUT2D eigenvalue weighted by Gasteiger charge is -2.49. The van der Waals surface area contributed by atoms with Crippen molar-refractivity contribution in [2.45, 2.75) is 75.0 Å². The van der Waals surface area contributed by atoms with Crippen LogP contribution >= 0.6 is 0 Å². The molecule has 0 spiro atoms. The molecule has 196 valence electrons. The summed E-state index contributed by atoms with van der Waals surface area (Å²) in [5.74, 6) is 1.02. The number of halogens is 1. The van der Waals surface area contributed by atoms with Crippen LogP contribution in [0.5, 0.6) is 5.88 Å². The van der Waals surface area contributed by atoms with Crippen molar-refractivity contribution in [2.24, 2.45) is 5.92 Å². The molecule has 3 atom stereocenters. The molecule has 3 fully saturated rings. The van der Waals surface area contributed by atoms with Crippen molar-refractivity contribution in [3.8, 4) is 5.88 Å². The Kier molecular flexibility index (Phi) is 7.46. The predicted molar refractivity (Wildman–Crippen MR) is 135 cm³/mol. The van der Waals surface area contributed by atoms with E-state index in [1.165, 1.54) is 50.6 Å². The Bertz CT molecular complexity index is 1170. The summed E-state index contributed by atoms with van der Waals surface area (Å²) in [6, 6.07) is 4.49. The minimum Gasteiger partial charge on any atom is -0.474 e. The second-order valence-electron chi connectivity index (χ2n) is 10.4. The van der Waals surface area contributed by atoms with Gasteiger partial charge in [0.15, 0.2) is 9.84 Å². The monoisotopic (exact) mass is 518 g/mol. The normalized spacial score (nSPS) is 25.5. The second-order valence-corrected chi connectivity index (χ2v) is 12.5. The van der Waals surface area contributed by atoms with Crippen LogP contribution in [-0.4, -0.2) is 67.5 Å². The standard InChI is InChI=1S/C26H35FN4O4S/c1-17-25(30-24-9-8-22(12-23(24)27)36(2,32)33)28-16-29-26(17)35-21-10-19-14-34-15-20(11-21)31(19)13-18-6-4-3-5-7-18/h8-9,12,16,18-21H,3-7,10-11,13-15H2,1-2H3,(H,28,29,30)/t19-,20+,21-. The third-order valence-electron chi connectivity index (χ3n) is 7.76. The number of ether oxygens (including phenoxy) is 2. The lowest BCUT2D eigenvalue weighted by atomic mass is 9.85. The molecule has 5 rings (SSSR count). The van der Waals surface area contributed by atoms with Crippen LogP contribution in [-0.2, 0) is 14.6 Å². The van der Waals surface area contributed by atoms with Crippen molar-refractivity contribution in [1.82, 2.24) is 14.9 Å². The van der Waals surface area contributed by atoms with Crippen LogP contribution in [0.2, 0.25) is 0 Å². The molecular weight excluding hydrogens is 483 g/mol. The number of fused-ring (bicyclic) bond motifs is 2. The summed E-state index contributed by atoms with van der Waals surface area (Å²) < 4.78 is 50.3. The topological polar surface area (TPSA) is 93.7 Å². The van der Waals surface area contributed by atoms with E-state index in [0.29, 0.717) is 29.3 Å². The van der Waals surface area contributed by atoms with Gasteiger partial charge in [-0.2, -0.15) is 0 Å². The first kappa shape index (κ1) is 25.4. The van der Waals surface area contributed by atoms with Crippen molar-refractivity contribution in [1.29, 1.82) is 0 Å². The molecule has 2 saturated heterocycles. The molecule has 1 aromatic carbocycles. The Morgan fingerprint density at radius 1 is 1.14 bits per heavy atom. The number of nitrogens with zero attached hydrogens (tertiary/aromatic N) is 3. The number of morpholine rings is 1. The largest absolute Gasteiger partial charge is 0.474 e. The molecule has 3 heterocycles. The predicted octanol–water partition coefficient (Wildman–Crippen LogP) is 4.26. The zero-order valence-corrected chi connectivity index (χ0v) is 21.8. The highest BCUT2D eigenvalue weighted by molar-refractivity contribution is 7.90. The average molecular weight is 519 g/mol. The first-order chi connectivity index (χ1) is 17.3. The fourth-order valence-corrected chi connectivity index (χ4v) is 6.43. The number of aromatic nitrogens is 2. The van der Waals surface area contributed by atoms with Crippen molar-refractivity contribution < 1.29 is 22.3 Å². The molecule has 1 N–H and O–H groups in total. The van der Waals surface area contributed by atoms with Gasteiger partial charge in [-0.25, -0.2) is 22.8 Å². The van der Waals surface area contributed by atoms with E-state index in [1.807, 2.05) is 6.92 Å². The summed E-state index contributed by atoms with van der Waals surface area (Å²) in [4.78, 5) is 11.2. The number of rotatable bonds is 7. The summed E-state index contributed by atoms with van der Waals surface area (Å²) in [5, 5.41) is 2.96. The molecule has 2 aromatic rings. The van der Waals surface area contributed by atoms with Gasteiger partial charge in [0.2, 0.25) is 5.88 Å². The quantitative estimate of drug-likeness (QED) is 0.581. The van der Waals surface area contributed by atoms with E-state index in [0.717, 1.165) is 50.8 Å². The summed E-state index contributed by atoms with van der Waals surface area (Å²) in [7, 11) is -3.49. The number of sulfone groups is 1. The number of hydrogen-bond acceptors (Lipinski definition) is 8. The van der Waals surface area contributed by atoms with E-state index < -0.39 is 15.7 Å². The molecule has 0 amide bonds. The molecule has 10 heteroatoms. The molecule has 0 unspecified atom stereocenters. The summed E-state index contributed by atoms with van der Waals surface area (Å²) in [5.41, 5.74) is 0.813.